The first-order valence-electron chi connectivity index (χ1n) is 11.6. The first-order chi connectivity index (χ1) is 18.0. The van der Waals surface area contributed by atoms with Crippen molar-refractivity contribution in [2.75, 3.05) is 19.8 Å². The Labute approximate surface area is 212 Å². The summed E-state index contributed by atoms with van der Waals surface area (Å²) >= 11 is 0. The highest BCUT2D eigenvalue weighted by atomic mass is 16.7. The van der Waals surface area contributed by atoms with Gasteiger partial charge in [0.2, 0.25) is 5.43 Å². The minimum atomic E-state index is -2.09. The molecule has 2 fully saturated rings. The average Bonchev–Trinajstić information content (AvgIpc) is 3.17. The lowest BCUT2D eigenvalue weighted by Crippen LogP contribution is -2.58. The predicted molar refractivity (Wildman–Crippen MR) is 124 cm³/mol. The van der Waals surface area contributed by atoms with Crippen LogP contribution in [0.1, 0.15) is 11.7 Å². The van der Waals surface area contributed by atoms with Crippen LogP contribution >= 0.6 is 0 Å². The maximum Gasteiger partial charge on any atom is 0.204 e. The van der Waals surface area contributed by atoms with E-state index in [1.807, 2.05) is 0 Å². The smallest absolute Gasteiger partial charge is 0.204 e. The third kappa shape index (κ3) is 4.07. The van der Waals surface area contributed by atoms with Crippen LogP contribution in [0.4, 0.5) is 0 Å². The highest BCUT2D eigenvalue weighted by Crippen LogP contribution is 2.46. The molecule has 3 aromatic rings. The molecule has 0 amide bonds. The summed E-state index contributed by atoms with van der Waals surface area (Å²) in [5.41, 5.74) is -3.51. The Bertz CT molecular complexity index is 1420. The second kappa shape index (κ2) is 9.60. The van der Waals surface area contributed by atoms with E-state index in [0.717, 1.165) is 12.1 Å². The lowest BCUT2D eigenvalue weighted by Gasteiger charge is -2.43. The lowest BCUT2D eigenvalue weighted by molar-refractivity contribution is -0.287. The first-order valence-corrected chi connectivity index (χ1v) is 11.6. The van der Waals surface area contributed by atoms with Gasteiger partial charge < -0.3 is 64.6 Å². The van der Waals surface area contributed by atoms with Crippen molar-refractivity contribution in [3.8, 4) is 17.2 Å². The van der Waals surface area contributed by atoms with Gasteiger partial charge in [-0.2, -0.15) is 0 Å². The molecule has 2 aliphatic rings. The van der Waals surface area contributed by atoms with Gasteiger partial charge in [0.15, 0.2) is 6.29 Å². The molecule has 8 atom stereocenters. The topological polar surface area (TPSA) is 240 Å². The molecule has 5 rings (SSSR count). The van der Waals surface area contributed by atoms with Gasteiger partial charge in [0.05, 0.1) is 30.8 Å². The highest BCUT2D eigenvalue weighted by molar-refractivity contribution is 5.95. The number of fused-ring (bicyclic) bond motifs is 2. The van der Waals surface area contributed by atoms with Crippen LogP contribution in [-0.4, -0.2) is 108 Å². The fourth-order valence-corrected chi connectivity index (χ4v) is 4.80. The number of hydrogen-bond donors (Lipinski definition) is 9. The largest absolute Gasteiger partial charge is 0.508 e. The molecule has 14 heteroatoms. The minimum absolute atomic E-state index is 0.0598. The maximum atomic E-state index is 13.2. The van der Waals surface area contributed by atoms with Crippen molar-refractivity contribution >= 4 is 21.9 Å². The fourth-order valence-electron chi connectivity index (χ4n) is 4.80. The van der Waals surface area contributed by atoms with Gasteiger partial charge in [-0.15, -0.1) is 0 Å². The number of ether oxygens (including phenoxy) is 3. The fraction of sp³-hybridized carbons (Fsp3) is 0.458. The quantitative estimate of drug-likeness (QED) is 0.160. The number of rotatable bonds is 5. The number of aromatic hydroxyl groups is 3. The molecule has 14 nitrogen and oxygen atoms in total. The molecule has 0 radical (unpaired) electrons. The molecule has 3 heterocycles. The van der Waals surface area contributed by atoms with Crippen molar-refractivity contribution in [3.63, 3.8) is 0 Å². The molecule has 0 aliphatic carbocycles. The molecule has 38 heavy (non-hydrogen) atoms. The summed E-state index contributed by atoms with van der Waals surface area (Å²) in [6, 6.07) is 4.74. The third-order valence-corrected chi connectivity index (χ3v) is 6.96. The summed E-state index contributed by atoms with van der Waals surface area (Å²) in [6.07, 6.45) is -11.9. The van der Waals surface area contributed by atoms with Gasteiger partial charge in [0.1, 0.15) is 76.0 Å². The van der Waals surface area contributed by atoms with Crippen LogP contribution in [0.3, 0.4) is 0 Å². The molecule has 1 aromatic heterocycles. The predicted octanol–water partition coefficient (Wildman–Crippen LogP) is -1.96. The van der Waals surface area contributed by atoms with Gasteiger partial charge in [-0.05, 0) is 18.2 Å². The Balaban J connectivity index is 1.64. The molecular formula is C24H26O14. The third-order valence-electron chi connectivity index (χ3n) is 6.96. The van der Waals surface area contributed by atoms with E-state index in [1.54, 1.807) is 0 Å². The number of benzene rings is 2. The van der Waals surface area contributed by atoms with Crippen LogP contribution in [0.25, 0.3) is 21.9 Å². The average molecular weight is 538 g/mol. The van der Waals surface area contributed by atoms with E-state index in [1.165, 1.54) is 12.1 Å². The lowest BCUT2D eigenvalue weighted by atomic mass is 9.89. The van der Waals surface area contributed by atoms with E-state index >= 15 is 0 Å². The van der Waals surface area contributed by atoms with Gasteiger partial charge in [-0.25, -0.2) is 0 Å². The Morgan fingerprint density at radius 1 is 1.03 bits per heavy atom. The van der Waals surface area contributed by atoms with Crippen LogP contribution < -0.4 is 5.43 Å². The van der Waals surface area contributed by atoms with Crippen molar-refractivity contribution in [2.24, 2.45) is 0 Å². The summed E-state index contributed by atoms with van der Waals surface area (Å²) in [4.78, 5) is 13.2. The first kappa shape index (κ1) is 26.6. The van der Waals surface area contributed by atoms with Crippen molar-refractivity contribution in [3.05, 3.63) is 40.1 Å². The zero-order valence-corrected chi connectivity index (χ0v) is 19.5. The molecule has 1 unspecified atom stereocenters. The van der Waals surface area contributed by atoms with E-state index in [-0.39, 0.29) is 22.3 Å². The van der Waals surface area contributed by atoms with Crippen LogP contribution in [0.15, 0.2) is 33.5 Å². The molecule has 206 valence electrons. The standard InChI is InChI=1S/C24H26O14/c25-5-13-17(30)19(32)21(38-23-22(33)24(34,6-26)7-35-23)20(37-13)14-10(28)4-12-15(18(14)31)16(29)9-3-8(27)1-2-11(9)36-12/h1-4,13,17,19-23,25-28,30-34H,5-7H2/t13-,17-,19-,20+,21-,22+,23+,24?/m1/s1. The van der Waals surface area contributed by atoms with E-state index in [9.17, 15) is 50.8 Å². The Kier molecular flexibility index (Phi) is 6.71. The number of phenols is 3. The van der Waals surface area contributed by atoms with Gasteiger partial charge >= 0.3 is 0 Å². The van der Waals surface area contributed by atoms with Crippen molar-refractivity contribution in [2.45, 2.75) is 48.5 Å². The molecule has 2 aliphatic heterocycles. The Hall–Kier alpha value is -3.05. The van der Waals surface area contributed by atoms with Crippen LogP contribution in [0.5, 0.6) is 17.2 Å². The highest BCUT2D eigenvalue weighted by Gasteiger charge is 2.53. The number of hydrogen-bond acceptors (Lipinski definition) is 14. The number of phenolic OH excluding ortho intramolecular Hbond substituents is 3. The number of aliphatic hydroxyl groups is 6. The molecule has 2 saturated heterocycles. The second-order valence-electron chi connectivity index (χ2n) is 9.39. The van der Waals surface area contributed by atoms with Gasteiger partial charge in [0, 0.05) is 6.07 Å². The van der Waals surface area contributed by atoms with Crippen molar-refractivity contribution in [1.82, 2.24) is 0 Å². The van der Waals surface area contributed by atoms with Gasteiger partial charge in [0.25, 0.3) is 0 Å². The summed E-state index contributed by atoms with van der Waals surface area (Å²) in [5.74, 6) is -1.75. The minimum Gasteiger partial charge on any atom is -0.508 e. The Morgan fingerprint density at radius 2 is 1.76 bits per heavy atom. The molecule has 9 N–H and O–H groups in total. The zero-order chi connectivity index (χ0) is 27.5. The van der Waals surface area contributed by atoms with Gasteiger partial charge in [-0.3, -0.25) is 4.79 Å². The van der Waals surface area contributed by atoms with Crippen LogP contribution in [0, 0.1) is 0 Å². The second-order valence-corrected chi connectivity index (χ2v) is 9.39. The Morgan fingerprint density at radius 3 is 2.42 bits per heavy atom. The number of aliphatic hydroxyl groups excluding tert-OH is 5. The maximum absolute atomic E-state index is 13.2. The summed E-state index contributed by atoms with van der Waals surface area (Å²) in [6.45, 7) is -2.23. The summed E-state index contributed by atoms with van der Waals surface area (Å²) in [7, 11) is 0. The monoisotopic (exact) mass is 538 g/mol. The summed E-state index contributed by atoms with van der Waals surface area (Å²) < 4.78 is 22.1. The van der Waals surface area contributed by atoms with Crippen molar-refractivity contribution < 1.29 is 64.6 Å². The normalized spacial score (nSPS) is 33.8. The zero-order valence-electron chi connectivity index (χ0n) is 19.5. The molecule has 2 aromatic carbocycles. The molecule has 0 bridgehead atoms. The van der Waals surface area contributed by atoms with E-state index in [4.69, 9.17) is 18.6 Å². The summed E-state index contributed by atoms with van der Waals surface area (Å²) in [5, 5.41) is 92.3. The van der Waals surface area contributed by atoms with E-state index in [0.29, 0.717) is 0 Å². The van der Waals surface area contributed by atoms with Crippen molar-refractivity contribution in [1.29, 1.82) is 0 Å². The molecular weight excluding hydrogens is 512 g/mol. The molecule has 0 spiro atoms. The van der Waals surface area contributed by atoms with E-state index in [2.05, 4.69) is 0 Å². The van der Waals surface area contributed by atoms with Crippen LogP contribution in [0.2, 0.25) is 0 Å². The molecule has 0 saturated carbocycles. The van der Waals surface area contributed by atoms with Gasteiger partial charge in [-0.1, -0.05) is 0 Å². The SMILES string of the molecule is O=c1c2cc(O)ccc2oc2cc(O)c([C@@H]3O[C@H](CO)[C@@H](O)[C@@H](O)[C@H]3O[C@@H]3OCC(O)(CO)[C@H]3O)c(O)c12. The van der Waals surface area contributed by atoms with E-state index < -0.39 is 96.2 Å². The van der Waals surface area contributed by atoms with Crippen LogP contribution in [-0.2, 0) is 14.2 Å².